The average molecular weight is 388 g/mol. The van der Waals surface area contributed by atoms with Gasteiger partial charge in [0.25, 0.3) is 5.91 Å². The molecule has 0 saturated carbocycles. The van der Waals surface area contributed by atoms with Gasteiger partial charge in [0, 0.05) is 24.8 Å². The highest BCUT2D eigenvalue weighted by Crippen LogP contribution is 2.21. The van der Waals surface area contributed by atoms with Gasteiger partial charge in [0.2, 0.25) is 0 Å². The Labute approximate surface area is 170 Å². The molecular formula is C23H24N4O2. The topological polar surface area (TPSA) is 67.4 Å². The van der Waals surface area contributed by atoms with Crippen molar-refractivity contribution < 1.29 is 9.53 Å². The van der Waals surface area contributed by atoms with Crippen molar-refractivity contribution in [2.45, 2.75) is 26.4 Å². The highest BCUT2D eigenvalue weighted by molar-refractivity contribution is 5.93. The fourth-order valence-corrected chi connectivity index (χ4v) is 3.35. The van der Waals surface area contributed by atoms with Crippen LogP contribution < -0.4 is 10.1 Å². The first kappa shape index (κ1) is 18.9. The molecule has 6 heteroatoms. The standard InChI is InChI=1S/C23H24N4O2/c1-17-24-21(23(28)27-13-5-6-14-27)15-22(25-17)26-19-9-11-20(12-10-19)29-16-18-7-3-2-4-8-18/h2-4,7-12,15H,5-6,13-14,16H2,1H3,(H,24,25,26). The molecule has 1 N–H and O–H groups in total. The summed E-state index contributed by atoms with van der Waals surface area (Å²) in [5, 5.41) is 3.25. The molecule has 2 heterocycles. The molecule has 0 bridgehead atoms. The van der Waals surface area contributed by atoms with Gasteiger partial charge >= 0.3 is 0 Å². The van der Waals surface area contributed by atoms with Gasteiger partial charge in [0.1, 0.15) is 29.7 Å². The van der Waals surface area contributed by atoms with Crippen molar-refractivity contribution in [1.82, 2.24) is 14.9 Å². The van der Waals surface area contributed by atoms with Crippen molar-refractivity contribution in [2.75, 3.05) is 18.4 Å². The summed E-state index contributed by atoms with van der Waals surface area (Å²) in [5.41, 5.74) is 2.43. The summed E-state index contributed by atoms with van der Waals surface area (Å²) in [7, 11) is 0. The third-order valence-electron chi connectivity index (χ3n) is 4.83. The molecule has 1 amide bonds. The monoisotopic (exact) mass is 388 g/mol. The summed E-state index contributed by atoms with van der Waals surface area (Å²) in [6, 6.07) is 19.5. The Morgan fingerprint density at radius 2 is 1.76 bits per heavy atom. The number of hydrogen-bond acceptors (Lipinski definition) is 5. The van der Waals surface area contributed by atoms with Gasteiger partial charge in [-0.25, -0.2) is 9.97 Å². The van der Waals surface area contributed by atoms with Gasteiger partial charge in [-0.2, -0.15) is 0 Å². The SMILES string of the molecule is Cc1nc(Nc2ccc(OCc3ccccc3)cc2)cc(C(=O)N2CCCC2)n1. The Morgan fingerprint density at radius 1 is 1.03 bits per heavy atom. The van der Waals surface area contributed by atoms with E-state index in [1.54, 1.807) is 13.0 Å². The summed E-state index contributed by atoms with van der Waals surface area (Å²) < 4.78 is 5.82. The maximum Gasteiger partial charge on any atom is 0.272 e. The summed E-state index contributed by atoms with van der Waals surface area (Å²) in [5.74, 6) is 1.95. The lowest BCUT2D eigenvalue weighted by Gasteiger charge is -2.15. The van der Waals surface area contributed by atoms with E-state index in [0.717, 1.165) is 42.9 Å². The van der Waals surface area contributed by atoms with E-state index >= 15 is 0 Å². The van der Waals surface area contributed by atoms with E-state index in [0.29, 0.717) is 23.9 Å². The summed E-state index contributed by atoms with van der Waals surface area (Å²) in [6.07, 6.45) is 2.11. The van der Waals surface area contributed by atoms with Crippen molar-refractivity contribution >= 4 is 17.4 Å². The fourth-order valence-electron chi connectivity index (χ4n) is 3.35. The smallest absolute Gasteiger partial charge is 0.272 e. The van der Waals surface area contributed by atoms with Gasteiger partial charge in [-0.15, -0.1) is 0 Å². The zero-order valence-electron chi connectivity index (χ0n) is 16.5. The molecule has 4 rings (SSSR count). The molecule has 0 spiro atoms. The molecule has 1 aliphatic heterocycles. The number of aryl methyl sites for hydroxylation is 1. The second-order valence-corrected chi connectivity index (χ2v) is 7.11. The Balaban J connectivity index is 1.41. The number of nitrogens with zero attached hydrogens (tertiary/aromatic N) is 3. The number of nitrogens with one attached hydrogen (secondary N) is 1. The average Bonchev–Trinajstić information content (AvgIpc) is 3.28. The predicted octanol–water partition coefficient (Wildman–Crippen LogP) is 4.34. The number of rotatable bonds is 6. The minimum Gasteiger partial charge on any atom is -0.489 e. The lowest BCUT2D eigenvalue weighted by Crippen LogP contribution is -2.28. The van der Waals surface area contributed by atoms with E-state index in [1.165, 1.54) is 0 Å². The van der Waals surface area contributed by atoms with E-state index in [4.69, 9.17) is 4.74 Å². The second-order valence-electron chi connectivity index (χ2n) is 7.11. The van der Waals surface area contributed by atoms with Crippen molar-refractivity contribution in [3.05, 3.63) is 77.7 Å². The lowest BCUT2D eigenvalue weighted by atomic mass is 10.2. The van der Waals surface area contributed by atoms with Crippen LogP contribution in [-0.4, -0.2) is 33.9 Å². The molecule has 29 heavy (non-hydrogen) atoms. The highest BCUT2D eigenvalue weighted by Gasteiger charge is 2.21. The lowest BCUT2D eigenvalue weighted by molar-refractivity contribution is 0.0786. The van der Waals surface area contributed by atoms with Crippen LogP contribution in [0.1, 0.15) is 34.7 Å². The molecule has 0 unspecified atom stereocenters. The minimum atomic E-state index is -0.0271. The van der Waals surface area contributed by atoms with Gasteiger partial charge in [-0.05, 0) is 49.6 Å². The van der Waals surface area contributed by atoms with Gasteiger partial charge in [0.15, 0.2) is 0 Å². The number of anilines is 2. The van der Waals surface area contributed by atoms with Crippen molar-refractivity contribution in [1.29, 1.82) is 0 Å². The largest absolute Gasteiger partial charge is 0.489 e. The van der Waals surface area contributed by atoms with Gasteiger partial charge in [-0.3, -0.25) is 4.79 Å². The first-order valence-corrected chi connectivity index (χ1v) is 9.86. The molecule has 1 fully saturated rings. The molecule has 1 saturated heterocycles. The van der Waals surface area contributed by atoms with E-state index < -0.39 is 0 Å². The molecule has 6 nitrogen and oxygen atoms in total. The van der Waals surface area contributed by atoms with Crippen LogP contribution in [0.3, 0.4) is 0 Å². The zero-order valence-corrected chi connectivity index (χ0v) is 16.5. The van der Waals surface area contributed by atoms with Crippen LogP contribution >= 0.6 is 0 Å². The third-order valence-corrected chi connectivity index (χ3v) is 4.83. The molecular weight excluding hydrogens is 364 g/mol. The molecule has 0 radical (unpaired) electrons. The maximum atomic E-state index is 12.6. The second kappa shape index (κ2) is 8.73. The van der Waals surface area contributed by atoms with E-state index in [9.17, 15) is 4.79 Å². The Morgan fingerprint density at radius 3 is 2.48 bits per heavy atom. The Hall–Kier alpha value is -3.41. The van der Waals surface area contributed by atoms with E-state index in [1.807, 2.05) is 59.5 Å². The van der Waals surface area contributed by atoms with Crippen LogP contribution in [0.15, 0.2) is 60.7 Å². The molecule has 1 aromatic heterocycles. The van der Waals surface area contributed by atoms with Crippen LogP contribution in [0, 0.1) is 6.92 Å². The van der Waals surface area contributed by atoms with Crippen molar-refractivity contribution in [3.8, 4) is 5.75 Å². The number of carbonyl (C=O) groups is 1. The van der Waals surface area contributed by atoms with Crippen LogP contribution in [0.25, 0.3) is 0 Å². The Kier molecular flexibility index (Phi) is 5.70. The highest BCUT2D eigenvalue weighted by atomic mass is 16.5. The molecule has 2 aromatic carbocycles. The quantitative estimate of drug-likeness (QED) is 0.680. The molecule has 0 aliphatic carbocycles. The summed E-state index contributed by atoms with van der Waals surface area (Å²) in [6.45, 7) is 3.93. The van der Waals surface area contributed by atoms with Gasteiger partial charge in [-0.1, -0.05) is 30.3 Å². The number of benzene rings is 2. The zero-order chi connectivity index (χ0) is 20.1. The number of aromatic nitrogens is 2. The number of hydrogen-bond donors (Lipinski definition) is 1. The van der Waals surface area contributed by atoms with Crippen LogP contribution in [0.5, 0.6) is 5.75 Å². The van der Waals surface area contributed by atoms with Crippen LogP contribution in [0.2, 0.25) is 0 Å². The van der Waals surface area contributed by atoms with E-state index in [-0.39, 0.29) is 5.91 Å². The van der Waals surface area contributed by atoms with Gasteiger partial charge in [0.05, 0.1) is 0 Å². The van der Waals surface area contributed by atoms with E-state index in [2.05, 4.69) is 15.3 Å². The number of ether oxygens (including phenoxy) is 1. The molecule has 1 aliphatic rings. The third kappa shape index (κ3) is 4.90. The van der Waals surface area contributed by atoms with Crippen molar-refractivity contribution in [3.63, 3.8) is 0 Å². The first-order chi connectivity index (χ1) is 14.2. The van der Waals surface area contributed by atoms with Crippen LogP contribution in [-0.2, 0) is 6.61 Å². The first-order valence-electron chi connectivity index (χ1n) is 9.86. The number of carbonyl (C=O) groups excluding carboxylic acids is 1. The molecule has 0 atom stereocenters. The summed E-state index contributed by atoms with van der Waals surface area (Å²) in [4.78, 5) is 23.2. The predicted molar refractivity (Wildman–Crippen MR) is 112 cm³/mol. The number of likely N-dealkylation sites (tertiary alicyclic amines) is 1. The van der Waals surface area contributed by atoms with Crippen molar-refractivity contribution in [2.24, 2.45) is 0 Å². The fraction of sp³-hybridized carbons (Fsp3) is 0.261. The minimum absolute atomic E-state index is 0.0271. The Bertz CT molecular complexity index is 968. The maximum absolute atomic E-state index is 12.6. The summed E-state index contributed by atoms with van der Waals surface area (Å²) >= 11 is 0. The number of amides is 1. The molecule has 148 valence electrons. The normalized spacial score (nSPS) is 13.3. The van der Waals surface area contributed by atoms with Crippen LogP contribution in [0.4, 0.5) is 11.5 Å². The molecule has 3 aromatic rings. The van der Waals surface area contributed by atoms with Gasteiger partial charge < -0.3 is 15.0 Å².